The Balaban J connectivity index is 2.49. The molecule has 0 radical (unpaired) electrons. The first-order chi connectivity index (χ1) is 4.22. The van der Waals surface area contributed by atoms with Gasteiger partial charge in [-0.05, 0) is 13.8 Å². The maximum Gasteiger partial charge on any atom is 0.135 e. The van der Waals surface area contributed by atoms with Crippen LogP contribution >= 0.6 is 0 Å². The van der Waals surface area contributed by atoms with Gasteiger partial charge in [-0.2, -0.15) is 0 Å². The molecule has 0 aromatic rings. The van der Waals surface area contributed by atoms with E-state index in [1.165, 1.54) is 0 Å². The molecule has 0 spiro atoms. The Kier molecular flexibility index (Phi) is 1.83. The zero-order valence-electron chi connectivity index (χ0n) is 5.77. The first kappa shape index (κ1) is 6.71. The molecule has 0 aromatic carbocycles. The molecule has 2 atom stereocenters. The first-order valence-electron chi connectivity index (χ1n) is 3.20. The Morgan fingerprint density at radius 2 is 2.33 bits per heavy atom. The van der Waals surface area contributed by atoms with Crippen LogP contribution in [0.4, 0.5) is 0 Å². The third-order valence-electron chi connectivity index (χ3n) is 1.78. The van der Waals surface area contributed by atoms with Crippen LogP contribution < -0.4 is 10.9 Å². The molecule has 0 bridgehead atoms. The summed E-state index contributed by atoms with van der Waals surface area (Å²) in [6, 6.07) is 0.294. The minimum atomic E-state index is 0.171. The summed E-state index contributed by atoms with van der Waals surface area (Å²) in [4.78, 5) is 10.8. The minimum Gasteiger partial charge on any atom is -0.300 e. The lowest BCUT2D eigenvalue weighted by Gasteiger charge is -2.07. The SMILES string of the molecule is CC(=O)C1CNNC1C. The zero-order valence-corrected chi connectivity index (χ0v) is 5.77. The Morgan fingerprint density at radius 1 is 1.67 bits per heavy atom. The van der Waals surface area contributed by atoms with Gasteiger partial charge in [-0.1, -0.05) is 0 Å². The highest BCUT2D eigenvalue weighted by Crippen LogP contribution is 2.06. The van der Waals surface area contributed by atoms with Gasteiger partial charge in [-0.3, -0.25) is 15.6 Å². The van der Waals surface area contributed by atoms with Gasteiger partial charge < -0.3 is 0 Å². The zero-order chi connectivity index (χ0) is 6.85. The molecule has 1 heterocycles. The van der Waals surface area contributed by atoms with Crippen molar-refractivity contribution < 1.29 is 4.79 Å². The Morgan fingerprint density at radius 3 is 2.56 bits per heavy atom. The van der Waals surface area contributed by atoms with Crippen LogP contribution in [0, 0.1) is 5.92 Å². The maximum absolute atomic E-state index is 10.8. The summed E-state index contributed by atoms with van der Waals surface area (Å²) < 4.78 is 0. The van der Waals surface area contributed by atoms with E-state index in [0.717, 1.165) is 6.54 Å². The first-order valence-corrected chi connectivity index (χ1v) is 3.20. The van der Waals surface area contributed by atoms with Crippen LogP contribution in [0.1, 0.15) is 13.8 Å². The summed E-state index contributed by atoms with van der Waals surface area (Å²) >= 11 is 0. The molecular formula is C6H12N2O. The quantitative estimate of drug-likeness (QED) is 0.509. The molecule has 2 N–H and O–H groups in total. The Bertz CT molecular complexity index is 124. The fourth-order valence-corrected chi connectivity index (χ4v) is 1.10. The van der Waals surface area contributed by atoms with Crippen LogP contribution in [0.5, 0.6) is 0 Å². The summed E-state index contributed by atoms with van der Waals surface area (Å²) in [5, 5.41) is 0. The van der Waals surface area contributed by atoms with Crippen molar-refractivity contribution >= 4 is 5.78 Å². The molecule has 3 heteroatoms. The predicted octanol–water partition coefficient (Wildman–Crippen LogP) is -0.312. The fourth-order valence-electron chi connectivity index (χ4n) is 1.10. The van der Waals surface area contributed by atoms with Gasteiger partial charge in [0.25, 0.3) is 0 Å². The number of rotatable bonds is 1. The highest BCUT2D eigenvalue weighted by Gasteiger charge is 2.25. The number of ketones is 1. The van der Waals surface area contributed by atoms with Gasteiger partial charge in [-0.25, -0.2) is 0 Å². The van der Waals surface area contributed by atoms with Crippen molar-refractivity contribution in [3.63, 3.8) is 0 Å². The van der Waals surface area contributed by atoms with Crippen LogP contribution in [0.2, 0.25) is 0 Å². The second-order valence-electron chi connectivity index (χ2n) is 2.53. The molecule has 52 valence electrons. The van der Waals surface area contributed by atoms with Crippen LogP contribution in [-0.2, 0) is 4.79 Å². The van der Waals surface area contributed by atoms with E-state index >= 15 is 0 Å². The van der Waals surface area contributed by atoms with E-state index in [1.807, 2.05) is 6.92 Å². The topological polar surface area (TPSA) is 41.1 Å². The van der Waals surface area contributed by atoms with Gasteiger partial charge >= 0.3 is 0 Å². The molecule has 0 saturated carbocycles. The third kappa shape index (κ3) is 1.28. The van der Waals surface area contributed by atoms with Crippen molar-refractivity contribution in [2.24, 2.45) is 5.92 Å². The number of carbonyl (C=O) groups is 1. The smallest absolute Gasteiger partial charge is 0.135 e. The van der Waals surface area contributed by atoms with Crippen LogP contribution in [0.15, 0.2) is 0 Å². The van der Waals surface area contributed by atoms with Gasteiger partial charge in [0.2, 0.25) is 0 Å². The van der Waals surface area contributed by atoms with Gasteiger partial charge in [0.05, 0.1) is 0 Å². The third-order valence-corrected chi connectivity index (χ3v) is 1.78. The lowest BCUT2D eigenvalue weighted by molar-refractivity contribution is -0.120. The molecular weight excluding hydrogens is 116 g/mol. The van der Waals surface area contributed by atoms with Crippen molar-refractivity contribution in [2.75, 3.05) is 6.54 Å². The molecule has 1 rings (SSSR count). The largest absolute Gasteiger partial charge is 0.300 e. The highest BCUT2D eigenvalue weighted by molar-refractivity contribution is 5.79. The average molecular weight is 128 g/mol. The van der Waals surface area contributed by atoms with Gasteiger partial charge in [-0.15, -0.1) is 0 Å². The number of hydrazine groups is 1. The lowest BCUT2D eigenvalue weighted by Crippen LogP contribution is -2.30. The second-order valence-corrected chi connectivity index (χ2v) is 2.53. The van der Waals surface area contributed by atoms with E-state index in [1.54, 1.807) is 6.92 Å². The Hall–Kier alpha value is -0.410. The molecule has 0 aromatic heterocycles. The Labute approximate surface area is 54.8 Å². The molecule has 3 nitrogen and oxygen atoms in total. The molecule has 1 fully saturated rings. The maximum atomic E-state index is 10.8. The van der Waals surface area contributed by atoms with Crippen molar-refractivity contribution in [1.29, 1.82) is 0 Å². The van der Waals surface area contributed by atoms with E-state index < -0.39 is 0 Å². The number of Topliss-reactive ketones (excluding diaryl/α,β-unsaturated/α-hetero) is 1. The summed E-state index contributed by atoms with van der Waals surface area (Å²) in [5.41, 5.74) is 5.91. The van der Waals surface area contributed by atoms with Crippen molar-refractivity contribution in [3.05, 3.63) is 0 Å². The fraction of sp³-hybridized carbons (Fsp3) is 0.833. The molecule has 0 aliphatic carbocycles. The van der Waals surface area contributed by atoms with Crippen molar-refractivity contribution in [2.45, 2.75) is 19.9 Å². The standard InChI is InChI=1S/C6H12N2O/c1-4-6(5(2)9)3-7-8-4/h4,6-8H,3H2,1-2H3. The van der Waals surface area contributed by atoms with Crippen LogP contribution in [-0.4, -0.2) is 18.4 Å². The molecule has 9 heavy (non-hydrogen) atoms. The summed E-state index contributed by atoms with van der Waals surface area (Å²) in [6.07, 6.45) is 0. The van der Waals surface area contributed by atoms with Crippen molar-refractivity contribution in [1.82, 2.24) is 10.9 Å². The number of nitrogens with one attached hydrogen (secondary N) is 2. The summed E-state index contributed by atoms with van der Waals surface area (Å²) in [6.45, 7) is 4.42. The van der Waals surface area contributed by atoms with Gasteiger partial charge in [0, 0.05) is 18.5 Å². The van der Waals surface area contributed by atoms with Crippen LogP contribution in [0.3, 0.4) is 0 Å². The van der Waals surface area contributed by atoms with E-state index in [4.69, 9.17) is 0 Å². The number of carbonyl (C=O) groups excluding carboxylic acids is 1. The number of hydrogen-bond donors (Lipinski definition) is 2. The molecule has 1 saturated heterocycles. The molecule has 1 aliphatic rings. The van der Waals surface area contributed by atoms with E-state index in [0.29, 0.717) is 6.04 Å². The normalized spacial score (nSPS) is 34.9. The summed E-state index contributed by atoms with van der Waals surface area (Å²) in [5.74, 6) is 0.435. The second kappa shape index (κ2) is 2.45. The molecule has 2 unspecified atom stereocenters. The van der Waals surface area contributed by atoms with Gasteiger partial charge in [0.15, 0.2) is 0 Å². The highest BCUT2D eigenvalue weighted by atomic mass is 16.1. The van der Waals surface area contributed by atoms with E-state index in [9.17, 15) is 4.79 Å². The predicted molar refractivity (Wildman–Crippen MR) is 34.8 cm³/mol. The van der Waals surface area contributed by atoms with E-state index in [-0.39, 0.29) is 11.7 Å². The summed E-state index contributed by atoms with van der Waals surface area (Å²) in [7, 11) is 0. The minimum absolute atomic E-state index is 0.171. The molecule has 0 amide bonds. The van der Waals surface area contributed by atoms with E-state index in [2.05, 4.69) is 10.9 Å². The van der Waals surface area contributed by atoms with Crippen molar-refractivity contribution in [3.8, 4) is 0 Å². The monoisotopic (exact) mass is 128 g/mol. The van der Waals surface area contributed by atoms with Crippen LogP contribution in [0.25, 0.3) is 0 Å². The lowest BCUT2D eigenvalue weighted by atomic mass is 10.00. The average Bonchev–Trinajstić information content (AvgIpc) is 2.13. The van der Waals surface area contributed by atoms with Gasteiger partial charge in [0.1, 0.15) is 5.78 Å². The molecule has 1 aliphatic heterocycles. The number of hydrogen-bond acceptors (Lipinski definition) is 3.